The SMILES string of the molecule is CCn1cc([C@H]2OCC[C@@H]2C(=O)N2CCC[C@@H](N(C)C)C2)cn1. The number of likely N-dealkylation sites (N-methyl/N-ethyl adjacent to an activating group) is 1. The lowest BCUT2D eigenvalue weighted by molar-refractivity contribution is -0.139. The van der Waals surface area contributed by atoms with Crippen molar-refractivity contribution in [1.29, 1.82) is 0 Å². The number of rotatable bonds is 4. The van der Waals surface area contributed by atoms with Gasteiger partial charge in [-0.25, -0.2) is 0 Å². The van der Waals surface area contributed by atoms with Gasteiger partial charge in [0.1, 0.15) is 0 Å². The molecule has 0 spiro atoms. The maximum Gasteiger partial charge on any atom is 0.228 e. The number of piperidine rings is 1. The molecule has 0 unspecified atom stereocenters. The average Bonchev–Trinajstić information content (AvgIpc) is 3.22. The first-order chi connectivity index (χ1) is 11.1. The summed E-state index contributed by atoms with van der Waals surface area (Å²) in [5, 5.41) is 4.33. The van der Waals surface area contributed by atoms with E-state index in [0.29, 0.717) is 12.6 Å². The minimum absolute atomic E-state index is 0.0644. The first-order valence-corrected chi connectivity index (χ1v) is 8.69. The molecule has 0 N–H and O–H groups in total. The zero-order chi connectivity index (χ0) is 16.4. The van der Waals surface area contributed by atoms with Crippen LogP contribution in [0, 0.1) is 5.92 Å². The predicted octanol–water partition coefficient (Wildman–Crippen LogP) is 1.53. The smallest absolute Gasteiger partial charge is 0.228 e. The number of nitrogens with zero attached hydrogens (tertiary/aromatic N) is 4. The summed E-state index contributed by atoms with van der Waals surface area (Å²) < 4.78 is 7.77. The lowest BCUT2D eigenvalue weighted by Crippen LogP contribution is -2.49. The molecule has 0 aliphatic carbocycles. The monoisotopic (exact) mass is 320 g/mol. The van der Waals surface area contributed by atoms with Crippen LogP contribution in [0.4, 0.5) is 0 Å². The minimum atomic E-state index is -0.137. The molecule has 1 aromatic heterocycles. The maximum atomic E-state index is 13.0. The van der Waals surface area contributed by atoms with Gasteiger partial charge >= 0.3 is 0 Å². The Morgan fingerprint density at radius 1 is 1.43 bits per heavy atom. The molecular weight excluding hydrogens is 292 g/mol. The minimum Gasteiger partial charge on any atom is -0.373 e. The standard InChI is InChI=1S/C17H28N4O2/c1-4-21-11-13(10-18-21)16-15(7-9-23-16)17(22)20-8-5-6-14(12-20)19(2)3/h10-11,14-16H,4-9,12H2,1-3H3/t14-,15+,16-/m1/s1. The second-order valence-electron chi connectivity index (χ2n) is 6.86. The average molecular weight is 320 g/mol. The highest BCUT2D eigenvalue weighted by atomic mass is 16.5. The van der Waals surface area contributed by atoms with E-state index >= 15 is 0 Å². The number of hydrogen-bond donors (Lipinski definition) is 0. The molecule has 0 aromatic carbocycles. The number of aromatic nitrogens is 2. The van der Waals surface area contributed by atoms with Crippen molar-refractivity contribution in [3.63, 3.8) is 0 Å². The molecular formula is C17H28N4O2. The van der Waals surface area contributed by atoms with Crippen molar-refractivity contribution in [1.82, 2.24) is 19.6 Å². The molecule has 6 heteroatoms. The normalized spacial score (nSPS) is 28.5. The third kappa shape index (κ3) is 3.43. The first-order valence-electron chi connectivity index (χ1n) is 8.69. The van der Waals surface area contributed by atoms with Crippen molar-refractivity contribution < 1.29 is 9.53 Å². The Hall–Kier alpha value is -1.40. The van der Waals surface area contributed by atoms with E-state index in [2.05, 4.69) is 31.0 Å². The van der Waals surface area contributed by atoms with Gasteiger partial charge in [0.05, 0.1) is 18.2 Å². The van der Waals surface area contributed by atoms with Crippen LogP contribution >= 0.6 is 0 Å². The summed E-state index contributed by atoms with van der Waals surface area (Å²) >= 11 is 0. The lowest BCUT2D eigenvalue weighted by atomic mass is 9.94. The fraction of sp³-hybridized carbons (Fsp3) is 0.765. The number of aryl methyl sites for hydroxylation is 1. The number of likely N-dealkylation sites (tertiary alicyclic amines) is 1. The van der Waals surface area contributed by atoms with E-state index in [1.807, 2.05) is 22.0 Å². The van der Waals surface area contributed by atoms with Crippen molar-refractivity contribution in [3.05, 3.63) is 18.0 Å². The van der Waals surface area contributed by atoms with Crippen molar-refractivity contribution in [2.75, 3.05) is 33.8 Å². The van der Waals surface area contributed by atoms with E-state index in [4.69, 9.17) is 4.74 Å². The molecule has 2 fully saturated rings. The number of ether oxygens (including phenoxy) is 1. The Labute approximate surface area is 138 Å². The van der Waals surface area contributed by atoms with E-state index < -0.39 is 0 Å². The molecule has 3 heterocycles. The van der Waals surface area contributed by atoms with Gasteiger partial charge in [0.2, 0.25) is 5.91 Å². The van der Waals surface area contributed by atoms with Crippen LogP contribution < -0.4 is 0 Å². The number of carbonyl (C=O) groups is 1. The van der Waals surface area contributed by atoms with Gasteiger partial charge in [0.25, 0.3) is 0 Å². The molecule has 2 aliphatic rings. The van der Waals surface area contributed by atoms with Crippen LogP contribution in [-0.4, -0.2) is 65.3 Å². The van der Waals surface area contributed by atoms with E-state index in [-0.39, 0.29) is 17.9 Å². The van der Waals surface area contributed by atoms with Crippen molar-refractivity contribution in [3.8, 4) is 0 Å². The molecule has 0 bridgehead atoms. The van der Waals surface area contributed by atoms with Gasteiger partial charge in [-0.15, -0.1) is 0 Å². The van der Waals surface area contributed by atoms with Crippen LogP contribution in [0.5, 0.6) is 0 Å². The summed E-state index contributed by atoms with van der Waals surface area (Å²) in [6.45, 7) is 5.26. The zero-order valence-corrected chi connectivity index (χ0v) is 14.4. The summed E-state index contributed by atoms with van der Waals surface area (Å²) in [5.41, 5.74) is 1.03. The van der Waals surface area contributed by atoms with Gasteiger partial charge in [-0.2, -0.15) is 5.10 Å². The molecule has 2 saturated heterocycles. The number of hydrogen-bond acceptors (Lipinski definition) is 4. The van der Waals surface area contributed by atoms with Gasteiger partial charge < -0.3 is 14.5 Å². The van der Waals surface area contributed by atoms with Crippen LogP contribution in [0.1, 0.15) is 37.9 Å². The number of amides is 1. The molecule has 1 aromatic rings. The Bertz CT molecular complexity index is 542. The van der Waals surface area contributed by atoms with Gasteiger partial charge in [-0.05, 0) is 40.3 Å². The Morgan fingerprint density at radius 3 is 2.96 bits per heavy atom. The van der Waals surface area contributed by atoms with Gasteiger partial charge in [0.15, 0.2) is 0 Å². The summed E-state index contributed by atoms with van der Waals surface area (Å²) in [7, 11) is 4.19. The summed E-state index contributed by atoms with van der Waals surface area (Å²) in [6, 6.07) is 0.469. The molecule has 2 aliphatic heterocycles. The second kappa shape index (κ2) is 7.01. The first kappa shape index (κ1) is 16.5. The molecule has 128 valence electrons. The third-order valence-corrected chi connectivity index (χ3v) is 5.15. The van der Waals surface area contributed by atoms with Crippen molar-refractivity contribution >= 4 is 5.91 Å². The van der Waals surface area contributed by atoms with Crippen LogP contribution in [-0.2, 0) is 16.1 Å². The quantitative estimate of drug-likeness (QED) is 0.844. The Balaban J connectivity index is 1.70. The van der Waals surface area contributed by atoms with E-state index in [0.717, 1.165) is 38.0 Å². The fourth-order valence-corrected chi connectivity index (χ4v) is 3.68. The van der Waals surface area contributed by atoms with Crippen molar-refractivity contribution in [2.45, 2.75) is 44.9 Å². The fourth-order valence-electron chi connectivity index (χ4n) is 3.68. The van der Waals surface area contributed by atoms with Crippen LogP contribution in [0.2, 0.25) is 0 Å². The zero-order valence-electron chi connectivity index (χ0n) is 14.4. The van der Waals surface area contributed by atoms with Crippen LogP contribution in [0.3, 0.4) is 0 Å². The Kier molecular flexibility index (Phi) is 5.02. The summed E-state index contributed by atoms with van der Waals surface area (Å²) in [6.07, 6.45) is 6.78. The molecule has 3 atom stereocenters. The molecule has 3 rings (SSSR count). The molecule has 23 heavy (non-hydrogen) atoms. The molecule has 6 nitrogen and oxygen atoms in total. The third-order valence-electron chi connectivity index (χ3n) is 5.15. The lowest BCUT2D eigenvalue weighted by Gasteiger charge is -2.37. The molecule has 0 saturated carbocycles. The van der Waals surface area contributed by atoms with Gasteiger partial charge in [-0.3, -0.25) is 9.48 Å². The summed E-state index contributed by atoms with van der Waals surface area (Å²) in [4.78, 5) is 17.3. The van der Waals surface area contributed by atoms with Gasteiger partial charge in [-0.1, -0.05) is 0 Å². The highest BCUT2D eigenvalue weighted by molar-refractivity contribution is 5.80. The molecule has 0 radical (unpaired) electrons. The predicted molar refractivity (Wildman–Crippen MR) is 88.0 cm³/mol. The van der Waals surface area contributed by atoms with Crippen LogP contribution in [0.25, 0.3) is 0 Å². The Morgan fingerprint density at radius 2 is 2.26 bits per heavy atom. The highest BCUT2D eigenvalue weighted by Gasteiger charge is 2.39. The van der Waals surface area contributed by atoms with E-state index in [1.165, 1.54) is 6.42 Å². The van der Waals surface area contributed by atoms with Gasteiger partial charge in [0, 0.05) is 44.0 Å². The largest absolute Gasteiger partial charge is 0.373 e. The second-order valence-corrected chi connectivity index (χ2v) is 6.86. The van der Waals surface area contributed by atoms with Crippen LogP contribution in [0.15, 0.2) is 12.4 Å². The van der Waals surface area contributed by atoms with E-state index in [9.17, 15) is 4.79 Å². The van der Waals surface area contributed by atoms with E-state index in [1.54, 1.807) is 0 Å². The van der Waals surface area contributed by atoms with Crippen molar-refractivity contribution in [2.24, 2.45) is 5.92 Å². The number of carbonyl (C=O) groups excluding carboxylic acids is 1. The highest BCUT2D eigenvalue weighted by Crippen LogP contribution is 2.36. The maximum absolute atomic E-state index is 13.0. The summed E-state index contributed by atoms with van der Waals surface area (Å²) in [5.74, 6) is 0.189. The topological polar surface area (TPSA) is 50.6 Å². The molecule has 1 amide bonds.